The number of hydrogen-bond donors (Lipinski definition) is 0. The molecule has 1 rings (SSSR count). The molecule has 6 heavy (non-hydrogen) atoms. The second-order valence-electron chi connectivity index (χ2n) is 0.408. The number of rotatable bonds is 0. The summed E-state index contributed by atoms with van der Waals surface area (Å²) in [7, 11) is 1.36. The van der Waals surface area contributed by atoms with Crippen LogP contribution in [0.25, 0.3) is 0 Å². The van der Waals surface area contributed by atoms with E-state index in [0.717, 1.165) is 22.1 Å². The maximum absolute atomic E-state index is 4.21. The van der Waals surface area contributed by atoms with Crippen LogP contribution in [0.1, 0.15) is 0 Å². The van der Waals surface area contributed by atoms with E-state index in [1.807, 2.05) is 0 Å². The molecule has 0 aliphatic carbocycles. The summed E-state index contributed by atoms with van der Waals surface area (Å²) >= 11 is 2.25. The fourth-order valence-corrected chi connectivity index (χ4v) is 1.22. The third kappa shape index (κ3) is 1.59. The van der Waals surface area contributed by atoms with Gasteiger partial charge in [0.25, 0.3) is 0 Å². The quantitative estimate of drug-likeness (QED) is 0.292. The minimum absolute atomic E-state index is 1.13. The normalized spacial score (nSPS) is 24.0. The molecule has 1 fully saturated rings. The Morgan fingerprint density at radius 2 is 1.67 bits per heavy atom. The topological polar surface area (TPSA) is 27.7 Å². The third-order valence-electron chi connectivity index (χ3n) is 0.167. The summed E-state index contributed by atoms with van der Waals surface area (Å²) in [5.74, 6) is 0. The lowest BCUT2D eigenvalue weighted by Gasteiger charge is -2.01. The average Bonchev–Trinajstić information content (AvgIpc) is 1.72. The van der Waals surface area contributed by atoms with Crippen LogP contribution in [0.2, 0.25) is 0 Å². The van der Waals surface area contributed by atoms with Gasteiger partial charge in [-0.2, -0.15) is 0 Å². The summed E-state index contributed by atoms with van der Waals surface area (Å²) in [5.41, 5.74) is 0. The molecule has 0 saturated carbocycles. The van der Waals surface area contributed by atoms with Gasteiger partial charge in [-0.3, -0.25) is 0 Å². The van der Waals surface area contributed by atoms with Crippen molar-refractivity contribution in [3.05, 3.63) is 0 Å². The van der Waals surface area contributed by atoms with Gasteiger partial charge in [-0.1, -0.05) is 0 Å². The van der Waals surface area contributed by atoms with Crippen molar-refractivity contribution in [2.45, 2.75) is 0 Å². The zero-order valence-electron chi connectivity index (χ0n) is 2.45. The second kappa shape index (κ2) is 3.00. The van der Waals surface area contributed by atoms with Gasteiger partial charge in [-0.15, -0.1) is 8.67 Å². The molecule has 36 valence electrons. The average molecular weight is 144 g/mol. The van der Waals surface area contributed by atoms with E-state index in [2.05, 4.69) is 13.7 Å². The molecule has 0 atom stereocenters. The molecule has 0 unspecified atom stereocenters. The Balaban J connectivity index is 2.00. The van der Waals surface area contributed by atoms with Gasteiger partial charge in [0.1, 0.15) is 22.1 Å². The molecule has 0 spiro atoms. The first-order valence-corrected chi connectivity index (χ1v) is 4.33. The molecular formula is O3S3. The predicted octanol–water partition coefficient (Wildman–Crippen LogP) is 1.74. The zero-order valence-corrected chi connectivity index (χ0v) is 4.90. The molecule has 1 aliphatic heterocycles. The van der Waals surface area contributed by atoms with Crippen molar-refractivity contribution >= 4 is 32.0 Å². The Hall–Kier alpha value is 0.930. The molecule has 1 saturated heterocycles. The van der Waals surface area contributed by atoms with E-state index in [-0.39, 0.29) is 0 Å². The lowest BCUT2D eigenvalue weighted by molar-refractivity contribution is -0.395. The first-order chi connectivity index (χ1) is 3.00. The van der Waals surface area contributed by atoms with Gasteiger partial charge >= 0.3 is 0 Å². The molecule has 0 amide bonds. The Kier molecular flexibility index (Phi) is 2.54. The van der Waals surface area contributed by atoms with Gasteiger partial charge in [0.2, 0.25) is 0 Å². The summed E-state index contributed by atoms with van der Waals surface area (Å²) in [6, 6.07) is 0. The van der Waals surface area contributed by atoms with E-state index in [9.17, 15) is 0 Å². The van der Waals surface area contributed by atoms with Crippen LogP contribution in [-0.2, 0) is 13.7 Å². The molecule has 3 nitrogen and oxygen atoms in total. The van der Waals surface area contributed by atoms with Crippen molar-refractivity contribution in [2.75, 3.05) is 0 Å². The van der Waals surface area contributed by atoms with Crippen molar-refractivity contribution in [3.8, 4) is 0 Å². The van der Waals surface area contributed by atoms with E-state index in [1.54, 1.807) is 0 Å². The van der Waals surface area contributed by atoms with Crippen LogP contribution >= 0.6 is 32.0 Å². The van der Waals surface area contributed by atoms with Crippen LogP contribution in [0.4, 0.5) is 0 Å². The first kappa shape index (κ1) is 5.07. The predicted molar refractivity (Wildman–Crippen MR) is 26.0 cm³/mol. The van der Waals surface area contributed by atoms with Crippen molar-refractivity contribution in [1.29, 1.82) is 0 Å². The monoisotopic (exact) mass is 144 g/mol. The largest absolute Gasteiger partial charge is 0.119 e. The van der Waals surface area contributed by atoms with E-state index in [0.29, 0.717) is 0 Å². The van der Waals surface area contributed by atoms with Crippen molar-refractivity contribution in [1.82, 2.24) is 0 Å². The molecule has 1 aliphatic rings. The second-order valence-corrected chi connectivity index (χ2v) is 3.54. The molecule has 0 N–H and O–H groups in total. The minimum atomic E-state index is 1.13. The highest BCUT2D eigenvalue weighted by atomic mass is 33.5. The summed E-state index contributed by atoms with van der Waals surface area (Å²) in [6.45, 7) is 0. The molecule has 1 heterocycles. The Morgan fingerprint density at radius 3 is 1.83 bits per heavy atom. The molecule has 0 aromatic rings. The SMILES string of the molecule is O1OSSSO1. The van der Waals surface area contributed by atoms with Gasteiger partial charge in [0.05, 0.1) is 0 Å². The van der Waals surface area contributed by atoms with Gasteiger partial charge in [0, 0.05) is 9.83 Å². The van der Waals surface area contributed by atoms with Gasteiger partial charge in [-0.25, -0.2) is 0 Å². The Labute approximate surface area is 46.2 Å². The smallest absolute Gasteiger partial charge is 0.119 e. The standard InChI is InChI=1S/O3S3/c1-2-4-6-5-3-1. The Morgan fingerprint density at radius 1 is 1.00 bits per heavy atom. The lowest BCUT2D eigenvalue weighted by atomic mass is 14.6. The molecule has 0 aromatic heterocycles. The van der Waals surface area contributed by atoms with Gasteiger partial charge in [-0.05, 0) is 5.04 Å². The van der Waals surface area contributed by atoms with Crippen LogP contribution in [0.15, 0.2) is 0 Å². The summed E-state index contributed by atoms with van der Waals surface area (Å²) < 4.78 is 8.41. The lowest BCUT2D eigenvalue weighted by Crippen LogP contribution is -1.82. The third-order valence-corrected chi connectivity index (χ3v) is 2.17. The molecule has 6 heteroatoms. The fraction of sp³-hybridized carbons (Fsp3) is 0. The zero-order chi connectivity index (χ0) is 4.24. The summed E-state index contributed by atoms with van der Waals surface area (Å²) in [6.07, 6.45) is 0. The van der Waals surface area contributed by atoms with Crippen LogP contribution in [-0.4, -0.2) is 0 Å². The van der Waals surface area contributed by atoms with E-state index in [4.69, 9.17) is 0 Å². The molecular weight excluding hydrogens is 144 g/mol. The maximum Gasteiger partial charge on any atom is 0.119 e. The molecule has 0 radical (unpaired) electrons. The van der Waals surface area contributed by atoms with Gasteiger partial charge < -0.3 is 0 Å². The van der Waals surface area contributed by atoms with Gasteiger partial charge in [0.15, 0.2) is 0 Å². The van der Waals surface area contributed by atoms with Crippen LogP contribution in [0, 0.1) is 0 Å². The summed E-state index contributed by atoms with van der Waals surface area (Å²) in [5, 5.41) is 3.97. The summed E-state index contributed by atoms with van der Waals surface area (Å²) in [4.78, 5) is 0. The maximum atomic E-state index is 4.21. The van der Waals surface area contributed by atoms with Crippen LogP contribution < -0.4 is 0 Å². The number of hydrogen-bond acceptors (Lipinski definition) is 6. The highest BCUT2D eigenvalue weighted by Crippen LogP contribution is 2.40. The van der Waals surface area contributed by atoms with Crippen LogP contribution in [0.5, 0.6) is 0 Å². The highest BCUT2D eigenvalue weighted by molar-refractivity contribution is 9.07. The van der Waals surface area contributed by atoms with E-state index in [1.165, 1.54) is 9.83 Å². The van der Waals surface area contributed by atoms with Crippen LogP contribution in [0.3, 0.4) is 0 Å². The first-order valence-electron chi connectivity index (χ1n) is 1.00. The van der Waals surface area contributed by atoms with Crippen molar-refractivity contribution < 1.29 is 13.7 Å². The highest BCUT2D eigenvalue weighted by Gasteiger charge is 2.01. The molecule has 0 aromatic carbocycles. The van der Waals surface area contributed by atoms with E-state index >= 15 is 0 Å². The van der Waals surface area contributed by atoms with E-state index < -0.39 is 0 Å². The fourth-order valence-electron chi connectivity index (χ4n) is 0.0680. The molecule has 0 bridgehead atoms. The Bertz CT molecular complexity index is 21.5. The van der Waals surface area contributed by atoms with Crippen molar-refractivity contribution in [2.24, 2.45) is 0 Å². The minimum Gasteiger partial charge on any atom is -0.119 e. The van der Waals surface area contributed by atoms with Crippen molar-refractivity contribution in [3.63, 3.8) is 0 Å².